The number of nitrogens with zero attached hydrogens (tertiary/aromatic N) is 3. The van der Waals surface area contributed by atoms with Crippen LogP contribution in [0.1, 0.15) is 5.56 Å². The molecule has 2 aromatic rings. The van der Waals surface area contributed by atoms with Crippen LogP contribution in [-0.2, 0) is 11.3 Å². The van der Waals surface area contributed by atoms with Crippen LogP contribution in [0.5, 0.6) is 0 Å². The molecule has 1 aliphatic heterocycles. The Kier molecular flexibility index (Phi) is 5.89. The third-order valence-electron chi connectivity index (χ3n) is 4.41. The summed E-state index contributed by atoms with van der Waals surface area (Å²) in [6.45, 7) is 3.72. The van der Waals surface area contributed by atoms with Crippen molar-refractivity contribution >= 4 is 11.6 Å². The van der Waals surface area contributed by atoms with E-state index >= 15 is 0 Å². The minimum atomic E-state index is -0.332. The van der Waals surface area contributed by atoms with E-state index in [0.29, 0.717) is 6.54 Å². The van der Waals surface area contributed by atoms with Crippen molar-refractivity contribution in [2.75, 3.05) is 31.1 Å². The van der Waals surface area contributed by atoms with Crippen molar-refractivity contribution in [3.63, 3.8) is 0 Å². The lowest BCUT2D eigenvalue weighted by Crippen LogP contribution is -2.44. The van der Waals surface area contributed by atoms with Crippen molar-refractivity contribution in [3.8, 4) is 6.07 Å². The van der Waals surface area contributed by atoms with Crippen LogP contribution in [-0.4, -0.2) is 37.0 Å². The van der Waals surface area contributed by atoms with Gasteiger partial charge in [-0.2, -0.15) is 5.26 Å². The largest absolute Gasteiger partial charge is 0.373 e. The van der Waals surface area contributed by atoms with Crippen LogP contribution in [0.4, 0.5) is 5.69 Å². The summed E-state index contributed by atoms with van der Waals surface area (Å²) >= 11 is 0. The Bertz CT molecular complexity index is 788. The summed E-state index contributed by atoms with van der Waals surface area (Å²) in [5.74, 6) is -0.332. The highest BCUT2D eigenvalue weighted by Crippen LogP contribution is 2.16. The second-order valence-corrected chi connectivity index (χ2v) is 6.18. The molecular weight excluding hydrogens is 324 g/mol. The first-order chi connectivity index (χ1) is 12.8. The Labute approximate surface area is 154 Å². The number of para-hydroxylation sites is 1. The SMILES string of the molecule is N#CC(=CN1CCN(c2ccccc2)CC1)C(=O)NCc1ccccc1. The third kappa shape index (κ3) is 4.64. The van der Waals surface area contributed by atoms with Gasteiger partial charge in [0.25, 0.3) is 5.91 Å². The quantitative estimate of drug-likeness (QED) is 0.668. The minimum Gasteiger partial charge on any atom is -0.373 e. The molecule has 0 aliphatic carbocycles. The van der Waals surface area contributed by atoms with Gasteiger partial charge in [-0.05, 0) is 17.7 Å². The zero-order chi connectivity index (χ0) is 18.2. The molecule has 0 unspecified atom stereocenters. The predicted molar refractivity (Wildman–Crippen MR) is 102 cm³/mol. The lowest BCUT2D eigenvalue weighted by molar-refractivity contribution is -0.117. The monoisotopic (exact) mass is 346 g/mol. The van der Waals surface area contributed by atoms with Gasteiger partial charge in [-0.3, -0.25) is 4.79 Å². The topological polar surface area (TPSA) is 59.4 Å². The molecule has 1 aliphatic rings. The lowest BCUT2D eigenvalue weighted by atomic mass is 10.2. The minimum absolute atomic E-state index is 0.147. The molecule has 5 nitrogen and oxygen atoms in total. The molecule has 5 heteroatoms. The molecule has 1 saturated heterocycles. The number of hydrogen-bond donors (Lipinski definition) is 1. The molecule has 0 bridgehead atoms. The fourth-order valence-corrected chi connectivity index (χ4v) is 2.94. The van der Waals surface area contributed by atoms with Crippen LogP contribution in [0, 0.1) is 11.3 Å². The number of anilines is 1. The highest BCUT2D eigenvalue weighted by atomic mass is 16.1. The molecule has 1 heterocycles. The Balaban J connectivity index is 1.54. The number of nitrogens with one attached hydrogen (secondary N) is 1. The fourth-order valence-electron chi connectivity index (χ4n) is 2.94. The smallest absolute Gasteiger partial charge is 0.263 e. The normalized spacial score (nSPS) is 14.7. The molecule has 1 amide bonds. The summed E-state index contributed by atoms with van der Waals surface area (Å²) in [6, 6.07) is 22.0. The number of nitriles is 1. The van der Waals surface area contributed by atoms with Gasteiger partial charge in [0.05, 0.1) is 0 Å². The van der Waals surface area contributed by atoms with E-state index in [1.807, 2.05) is 59.5 Å². The second kappa shape index (κ2) is 8.72. The second-order valence-electron chi connectivity index (χ2n) is 6.18. The maximum absolute atomic E-state index is 12.3. The highest BCUT2D eigenvalue weighted by molar-refractivity contribution is 5.97. The number of carbonyl (C=O) groups is 1. The summed E-state index contributed by atoms with van der Waals surface area (Å²) < 4.78 is 0. The van der Waals surface area contributed by atoms with E-state index in [2.05, 4.69) is 22.3 Å². The fraction of sp³-hybridized carbons (Fsp3) is 0.238. The van der Waals surface area contributed by atoms with Crippen molar-refractivity contribution < 1.29 is 4.79 Å². The van der Waals surface area contributed by atoms with E-state index in [-0.39, 0.29) is 11.5 Å². The van der Waals surface area contributed by atoms with Crippen molar-refractivity contribution in [2.45, 2.75) is 6.54 Å². The van der Waals surface area contributed by atoms with Gasteiger partial charge in [-0.15, -0.1) is 0 Å². The zero-order valence-electron chi connectivity index (χ0n) is 14.6. The summed E-state index contributed by atoms with van der Waals surface area (Å²) in [5.41, 5.74) is 2.36. The number of amides is 1. The lowest BCUT2D eigenvalue weighted by Gasteiger charge is -2.35. The Morgan fingerprint density at radius 2 is 1.62 bits per heavy atom. The zero-order valence-corrected chi connectivity index (χ0v) is 14.6. The average molecular weight is 346 g/mol. The van der Waals surface area contributed by atoms with E-state index in [4.69, 9.17) is 0 Å². The number of carbonyl (C=O) groups excluding carboxylic acids is 1. The molecule has 1 fully saturated rings. The van der Waals surface area contributed by atoms with Gasteiger partial charge in [-0.1, -0.05) is 48.5 Å². The Morgan fingerprint density at radius 1 is 1.00 bits per heavy atom. The first-order valence-electron chi connectivity index (χ1n) is 8.74. The first kappa shape index (κ1) is 17.6. The summed E-state index contributed by atoms with van der Waals surface area (Å²) in [7, 11) is 0. The van der Waals surface area contributed by atoms with Crippen LogP contribution in [0.15, 0.2) is 72.4 Å². The Hall–Kier alpha value is -3.26. The van der Waals surface area contributed by atoms with Crippen LogP contribution < -0.4 is 10.2 Å². The molecule has 0 atom stereocenters. The van der Waals surface area contributed by atoms with E-state index < -0.39 is 0 Å². The van der Waals surface area contributed by atoms with Crippen LogP contribution in [0.25, 0.3) is 0 Å². The standard InChI is InChI=1S/C21H22N4O/c22-15-19(21(26)23-16-18-7-3-1-4-8-18)17-24-11-13-25(14-12-24)20-9-5-2-6-10-20/h1-10,17H,11-14,16H2,(H,23,26). The van der Waals surface area contributed by atoms with Gasteiger partial charge in [0.15, 0.2) is 0 Å². The number of rotatable bonds is 5. The number of hydrogen-bond acceptors (Lipinski definition) is 4. The predicted octanol–water partition coefficient (Wildman–Crippen LogP) is 2.53. The van der Waals surface area contributed by atoms with E-state index in [1.54, 1.807) is 6.20 Å². The van der Waals surface area contributed by atoms with Crippen molar-refractivity contribution in [1.29, 1.82) is 5.26 Å². The molecule has 0 saturated carbocycles. The van der Waals surface area contributed by atoms with Gasteiger partial charge < -0.3 is 15.1 Å². The van der Waals surface area contributed by atoms with E-state index in [1.165, 1.54) is 5.69 Å². The van der Waals surface area contributed by atoms with E-state index in [9.17, 15) is 10.1 Å². The molecule has 0 aromatic heterocycles. The maximum atomic E-state index is 12.3. The molecule has 132 valence electrons. The van der Waals surface area contributed by atoms with Crippen LogP contribution >= 0.6 is 0 Å². The molecular formula is C21H22N4O. The van der Waals surface area contributed by atoms with Gasteiger partial charge in [-0.25, -0.2) is 0 Å². The molecule has 0 spiro atoms. The van der Waals surface area contributed by atoms with Gasteiger partial charge in [0.2, 0.25) is 0 Å². The van der Waals surface area contributed by atoms with Crippen LogP contribution in [0.2, 0.25) is 0 Å². The summed E-state index contributed by atoms with van der Waals surface area (Å²) in [5, 5.41) is 12.1. The van der Waals surface area contributed by atoms with Crippen molar-refractivity contribution in [1.82, 2.24) is 10.2 Å². The molecule has 1 N–H and O–H groups in total. The molecule has 26 heavy (non-hydrogen) atoms. The first-order valence-corrected chi connectivity index (χ1v) is 8.74. The van der Waals surface area contributed by atoms with Crippen LogP contribution in [0.3, 0.4) is 0 Å². The number of piperazine rings is 1. The number of benzene rings is 2. The maximum Gasteiger partial charge on any atom is 0.263 e. The Morgan fingerprint density at radius 3 is 2.23 bits per heavy atom. The van der Waals surface area contributed by atoms with Gasteiger partial charge >= 0.3 is 0 Å². The summed E-state index contributed by atoms with van der Waals surface area (Å²) in [6.07, 6.45) is 1.68. The third-order valence-corrected chi connectivity index (χ3v) is 4.41. The van der Waals surface area contributed by atoms with Gasteiger partial charge in [0.1, 0.15) is 11.6 Å². The van der Waals surface area contributed by atoms with Crippen molar-refractivity contribution in [2.24, 2.45) is 0 Å². The highest BCUT2D eigenvalue weighted by Gasteiger charge is 2.17. The summed E-state index contributed by atoms with van der Waals surface area (Å²) in [4.78, 5) is 16.6. The van der Waals surface area contributed by atoms with Gasteiger partial charge in [0, 0.05) is 44.6 Å². The molecule has 3 rings (SSSR count). The molecule has 0 radical (unpaired) electrons. The average Bonchev–Trinajstić information content (AvgIpc) is 2.72. The van der Waals surface area contributed by atoms with Crippen molar-refractivity contribution in [3.05, 3.63) is 78.0 Å². The molecule has 2 aromatic carbocycles. The van der Waals surface area contributed by atoms with E-state index in [0.717, 1.165) is 31.7 Å².